The first-order chi connectivity index (χ1) is 9.03. The van der Waals surface area contributed by atoms with Gasteiger partial charge >= 0.3 is 0 Å². The van der Waals surface area contributed by atoms with Crippen LogP contribution in [0.2, 0.25) is 0 Å². The number of amides is 1. The molecule has 2 N–H and O–H groups in total. The standard InChI is InChI=1S/C16H24N2O/c1-4-17-15(19)12-7-5-8-13(11-12)18-14-9-6-10-16(14,2)3/h5,7-8,11,14,18H,4,6,9-10H2,1-3H3,(H,17,19). The second-order valence-electron chi connectivity index (χ2n) is 6.02. The number of carbonyl (C=O) groups is 1. The quantitative estimate of drug-likeness (QED) is 0.871. The summed E-state index contributed by atoms with van der Waals surface area (Å²) in [6.07, 6.45) is 3.75. The van der Waals surface area contributed by atoms with Crippen molar-refractivity contribution in [2.75, 3.05) is 11.9 Å². The maximum atomic E-state index is 11.8. The summed E-state index contributed by atoms with van der Waals surface area (Å²) in [6, 6.07) is 8.28. The third-order valence-electron chi connectivity index (χ3n) is 4.06. The first-order valence-corrected chi connectivity index (χ1v) is 7.18. The number of hydrogen-bond acceptors (Lipinski definition) is 2. The number of benzene rings is 1. The zero-order chi connectivity index (χ0) is 13.9. The van der Waals surface area contributed by atoms with Crippen LogP contribution in [-0.2, 0) is 0 Å². The van der Waals surface area contributed by atoms with Gasteiger partial charge in [0.25, 0.3) is 5.91 Å². The average molecular weight is 260 g/mol. The van der Waals surface area contributed by atoms with E-state index in [-0.39, 0.29) is 5.91 Å². The lowest BCUT2D eigenvalue weighted by atomic mass is 9.87. The van der Waals surface area contributed by atoms with Crippen molar-refractivity contribution in [2.24, 2.45) is 5.41 Å². The van der Waals surface area contributed by atoms with E-state index in [9.17, 15) is 4.79 Å². The van der Waals surface area contributed by atoms with Crippen molar-refractivity contribution in [1.82, 2.24) is 5.32 Å². The van der Waals surface area contributed by atoms with Crippen molar-refractivity contribution in [1.29, 1.82) is 0 Å². The van der Waals surface area contributed by atoms with Gasteiger partial charge in [-0.1, -0.05) is 26.3 Å². The summed E-state index contributed by atoms with van der Waals surface area (Å²) in [4.78, 5) is 11.8. The fraction of sp³-hybridized carbons (Fsp3) is 0.562. The Bertz CT molecular complexity index is 454. The van der Waals surface area contributed by atoms with E-state index in [0.29, 0.717) is 18.0 Å². The summed E-state index contributed by atoms with van der Waals surface area (Å²) in [5.74, 6) is -0.00293. The summed E-state index contributed by atoms with van der Waals surface area (Å²) in [5, 5.41) is 6.42. The summed E-state index contributed by atoms with van der Waals surface area (Å²) in [6.45, 7) is 7.21. The van der Waals surface area contributed by atoms with E-state index >= 15 is 0 Å². The fourth-order valence-electron chi connectivity index (χ4n) is 2.81. The fourth-order valence-corrected chi connectivity index (χ4v) is 2.81. The van der Waals surface area contributed by atoms with Crippen LogP contribution in [0.1, 0.15) is 50.4 Å². The molecule has 1 unspecified atom stereocenters. The Hall–Kier alpha value is -1.51. The Balaban J connectivity index is 2.09. The van der Waals surface area contributed by atoms with Gasteiger partial charge < -0.3 is 10.6 Å². The lowest BCUT2D eigenvalue weighted by molar-refractivity contribution is 0.0956. The maximum Gasteiger partial charge on any atom is 0.251 e. The van der Waals surface area contributed by atoms with Crippen LogP contribution in [-0.4, -0.2) is 18.5 Å². The van der Waals surface area contributed by atoms with Crippen LogP contribution in [0.25, 0.3) is 0 Å². The molecule has 0 spiro atoms. The zero-order valence-electron chi connectivity index (χ0n) is 12.1. The number of anilines is 1. The average Bonchev–Trinajstić information content (AvgIpc) is 2.69. The zero-order valence-corrected chi connectivity index (χ0v) is 12.1. The van der Waals surface area contributed by atoms with Gasteiger partial charge in [0.1, 0.15) is 0 Å². The molecule has 0 bridgehead atoms. The molecule has 1 saturated carbocycles. The normalized spacial score (nSPS) is 21.1. The predicted octanol–water partition coefficient (Wildman–Crippen LogP) is 3.43. The SMILES string of the molecule is CCNC(=O)c1cccc(NC2CCCC2(C)C)c1. The van der Waals surface area contributed by atoms with Crippen LogP contribution in [0.15, 0.2) is 24.3 Å². The van der Waals surface area contributed by atoms with Crippen molar-refractivity contribution < 1.29 is 4.79 Å². The van der Waals surface area contributed by atoms with Crippen LogP contribution in [0.5, 0.6) is 0 Å². The molecule has 1 fully saturated rings. The van der Waals surface area contributed by atoms with Crippen LogP contribution >= 0.6 is 0 Å². The Morgan fingerprint density at radius 3 is 2.84 bits per heavy atom. The third kappa shape index (κ3) is 3.28. The molecule has 1 aliphatic carbocycles. The van der Waals surface area contributed by atoms with E-state index in [1.807, 2.05) is 31.2 Å². The van der Waals surface area contributed by atoms with Gasteiger partial charge in [-0.2, -0.15) is 0 Å². The number of hydrogen-bond donors (Lipinski definition) is 2. The minimum Gasteiger partial charge on any atom is -0.382 e. The first kappa shape index (κ1) is 13.9. The van der Waals surface area contributed by atoms with Crippen LogP contribution in [0.3, 0.4) is 0 Å². The monoisotopic (exact) mass is 260 g/mol. The molecule has 0 heterocycles. The van der Waals surface area contributed by atoms with Gasteiger partial charge in [0.05, 0.1) is 0 Å². The van der Waals surface area contributed by atoms with Gasteiger partial charge in [0, 0.05) is 23.8 Å². The van der Waals surface area contributed by atoms with Gasteiger partial charge in [-0.25, -0.2) is 0 Å². The molecule has 1 aromatic carbocycles. The highest BCUT2D eigenvalue weighted by Gasteiger charge is 2.34. The summed E-state index contributed by atoms with van der Waals surface area (Å²) in [5.41, 5.74) is 2.10. The highest BCUT2D eigenvalue weighted by molar-refractivity contribution is 5.95. The first-order valence-electron chi connectivity index (χ1n) is 7.18. The smallest absolute Gasteiger partial charge is 0.251 e. The molecule has 3 heteroatoms. The van der Waals surface area contributed by atoms with Crippen LogP contribution < -0.4 is 10.6 Å². The third-order valence-corrected chi connectivity index (χ3v) is 4.06. The lowest BCUT2D eigenvalue weighted by Crippen LogP contribution is -2.31. The number of nitrogens with one attached hydrogen (secondary N) is 2. The minimum absolute atomic E-state index is 0.00293. The Morgan fingerprint density at radius 2 is 2.21 bits per heavy atom. The van der Waals surface area contributed by atoms with E-state index in [1.54, 1.807) is 0 Å². The number of carbonyl (C=O) groups excluding carboxylic acids is 1. The van der Waals surface area contributed by atoms with Crippen molar-refractivity contribution in [3.05, 3.63) is 29.8 Å². The predicted molar refractivity (Wildman–Crippen MR) is 79.5 cm³/mol. The van der Waals surface area contributed by atoms with Crippen molar-refractivity contribution in [2.45, 2.75) is 46.1 Å². The summed E-state index contributed by atoms with van der Waals surface area (Å²) < 4.78 is 0. The van der Waals surface area contributed by atoms with Gasteiger partial charge in [-0.3, -0.25) is 4.79 Å². The molecule has 0 saturated heterocycles. The van der Waals surface area contributed by atoms with Gasteiger partial charge in [-0.15, -0.1) is 0 Å². The molecule has 19 heavy (non-hydrogen) atoms. The molecule has 0 aliphatic heterocycles. The largest absolute Gasteiger partial charge is 0.382 e. The topological polar surface area (TPSA) is 41.1 Å². The Labute approximate surface area is 115 Å². The maximum absolute atomic E-state index is 11.8. The highest BCUT2D eigenvalue weighted by atomic mass is 16.1. The molecular weight excluding hydrogens is 236 g/mol. The Kier molecular flexibility index (Phi) is 4.13. The summed E-state index contributed by atoms with van der Waals surface area (Å²) in [7, 11) is 0. The highest BCUT2D eigenvalue weighted by Crippen LogP contribution is 2.39. The van der Waals surface area contributed by atoms with Gasteiger partial charge in [0.2, 0.25) is 0 Å². The summed E-state index contributed by atoms with van der Waals surface area (Å²) >= 11 is 0. The molecular formula is C16H24N2O. The van der Waals surface area contributed by atoms with E-state index in [1.165, 1.54) is 19.3 Å². The lowest BCUT2D eigenvalue weighted by Gasteiger charge is -2.28. The van der Waals surface area contributed by atoms with E-state index in [2.05, 4.69) is 24.5 Å². The second-order valence-corrected chi connectivity index (χ2v) is 6.02. The Morgan fingerprint density at radius 1 is 1.42 bits per heavy atom. The molecule has 2 rings (SSSR count). The van der Waals surface area contributed by atoms with Gasteiger partial charge in [-0.05, 0) is 43.4 Å². The molecule has 0 radical (unpaired) electrons. The van der Waals surface area contributed by atoms with E-state index in [4.69, 9.17) is 0 Å². The van der Waals surface area contributed by atoms with Crippen molar-refractivity contribution >= 4 is 11.6 Å². The molecule has 104 valence electrons. The second kappa shape index (κ2) is 5.64. The molecule has 0 aromatic heterocycles. The molecule has 1 aromatic rings. The van der Waals surface area contributed by atoms with Crippen molar-refractivity contribution in [3.63, 3.8) is 0 Å². The minimum atomic E-state index is -0.00293. The molecule has 1 atom stereocenters. The van der Waals surface area contributed by atoms with E-state index < -0.39 is 0 Å². The van der Waals surface area contributed by atoms with Crippen LogP contribution in [0, 0.1) is 5.41 Å². The van der Waals surface area contributed by atoms with Gasteiger partial charge in [0.15, 0.2) is 0 Å². The molecule has 3 nitrogen and oxygen atoms in total. The number of rotatable bonds is 4. The molecule has 1 aliphatic rings. The van der Waals surface area contributed by atoms with Crippen LogP contribution in [0.4, 0.5) is 5.69 Å². The van der Waals surface area contributed by atoms with E-state index in [0.717, 1.165) is 11.3 Å². The molecule has 1 amide bonds. The van der Waals surface area contributed by atoms with Crippen molar-refractivity contribution in [3.8, 4) is 0 Å².